The van der Waals surface area contributed by atoms with Gasteiger partial charge in [0.25, 0.3) is 0 Å². The number of aromatic nitrogens is 2. The van der Waals surface area contributed by atoms with Crippen LogP contribution in [-0.4, -0.2) is 44.8 Å². The summed E-state index contributed by atoms with van der Waals surface area (Å²) in [6.45, 7) is 6.02. The van der Waals surface area contributed by atoms with Crippen LogP contribution in [0.2, 0.25) is 0 Å². The fourth-order valence-corrected chi connectivity index (χ4v) is 5.66. The van der Waals surface area contributed by atoms with Gasteiger partial charge in [-0.1, -0.05) is 6.42 Å². The average molecular weight is 510 g/mol. The third kappa shape index (κ3) is 5.28. The molecule has 3 aliphatic rings. The number of nitrogens with zero attached hydrogens (tertiary/aromatic N) is 2. The summed E-state index contributed by atoms with van der Waals surface area (Å²) in [6, 6.07) is 3.58. The highest BCUT2D eigenvalue weighted by Crippen LogP contribution is 2.32. The van der Waals surface area contributed by atoms with E-state index in [1.807, 2.05) is 43.7 Å². The standard InChI is InChI=1S/C28H36FN5O3/c1-15(2)34-14-31-26-23(29)10-18(11-24(26)34)22-12-25(30-13-16(22)3)33-27(36)17-5-4-6-20(7-17)32-28(37)19-8-21(35)9-19/h10-15,17,19-21,25,30,35H,4-9H2,1-3H3,(H,32,37)(H,33,36)/t17-,19?,20+,21?,25?/m0/s1. The number of aliphatic hydroxyl groups excluding tert-OH is 1. The lowest BCUT2D eigenvalue weighted by Crippen LogP contribution is -2.50. The van der Waals surface area contributed by atoms with Gasteiger partial charge in [0, 0.05) is 30.1 Å². The lowest BCUT2D eigenvalue weighted by atomic mass is 9.80. The van der Waals surface area contributed by atoms with Gasteiger partial charge >= 0.3 is 0 Å². The van der Waals surface area contributed by atoms with Gasteiger partial charge in [-0.25, -0.2) is 9.37 Å². The molecule has 0 saturated heterocycles. The number of hydrogen-bond acceptors (Lipinski definition) is 5. The highest BCUT2D eigenvalue weighted by Gasteiger charge is 2.35. The largest absolute Gasteiger partial charge is 0.393 e. The van der Waals surface area contributed by atoms with Crippen LogP contribution >= 0.6 is 0 Å². The van der Waals surface area contributed by atoms with E-state index in [9.17, 15) is 19.1 Å². The first-order chi connectivity index (χ1) is 17.7. The molecule has 1 aromatic carbocycles. The predicted octanol–water partition coefficient (Wildman–Crippen LogP) is 3.53. The van der Waals surface area contributed by atoms with E-state index in [2.05, 4.69) is 20.9 Å². The first-order valence-electron chi connectivity index (χ1n) is 13.3. The van der Waals surface area contributed by atoms with Gasteiger partial charge in [0.05, 0.1) is 17.9 Å². The molecule has 9 heteroatoms. The zero-order chi connectivity index (χ0) is 26.3. The normalized spacial score (nSPS) is 27.7. The summed E-state index contributed by atoms with van der Waals surface area (Å²) >= 11 is 0. The highest BCUT2D eigenvalue weighted by atomic mass is 19.1. The summed E-state index contributed by atoms with van der Waals surface area (Å²) in [6.07, 6.45) is 8.80. The van der Waals surface area contributed by atoms with Gasteiger partial charge in [-0.15, -0.1) is 0 Å². The van der Waals surface area contributed by atoms with Crippen molar-refractivity contribution in [3.8, 4) is 0 Å². The van der Waals surface area contributed by atoms with Crippen molar-refractivity contribution in [1.82, 2.24) is 25.5 Å². The molecule has 0 radical (unpaired) electrons. The summed E-state index contributed by atoms with van der Waals surface area (Å²) in [5.41, 5.74) is 3.64. The molecule has 4 N–H and O–H groups in total. The number of amides is 2. The maximum atomic E-state index is 14.9. The van der Waals surface area contributed by atoms with E-state index in [1.54, 1.807) is 6.33 Å². The van der Waals surface area contributed by atoms with Gasteiger partial charge in [0.1, 0.15) is 11.7 Å². The van der Waals surface area contributed by atoms with E-state index < -0.39 is 6.17 Å². The van der Waals surface area contributed by atoms with Gasteiger partial charge in [0.2, 0.25) is 11.8 Å². The Morgan fingerprint density at radius 2 is 1.89 bits per heavy atom. The third-order valence-corrected chi connectivity index (χ3v) is 7.91. The van der Waals surface area contributed by atoms with E-state index in [4.69, 9.17) is 0 Å². The highest BCUT2D eigenvalue weighted by molar-refractivity contribution is 5.87. The second-order valence-electron chi connectivity index (χ2n) is 11.0. The minimum Gasteiger partial charge on any atom is -0.393 e. The van der Waals surface area contributed by atoms with Crippen molar-refractivity contribution in [2.45, 2.75) is 83.6 Å². The molecule has 1 unspecified atom stereocenters. The van der Waals surface area contributed by atoms with E-state index in [-0.39, 0.29) is 47.7 Å². The molecule has 2 heterocycles. The van der Waals surface area contributed by atoms with Crippen molar-refractivity contribution in [2.24, 2.45) is 11.8 Å². The number of halogens is 1. The molecule has 198 valence electrons. The number of allylic oxidation sites excluding steroid dienone is 2. The van der Waals surface area contributed by atoms with Crippen LogP contribution in [0.15, 0.2) is 36.3 Å². The molecule has 2 saturated carbocycles. The Morgan fingerprint density at radius 1 is 1.14 bits per heavy atom. The van der Waals surface area contributed by atoms with E-state index in [0.29, 0.717) is 24.8 Å². The summed E-state index contributed by atoms with van der Waals surface area (Å²) in [5.74, 6) is -0.741. The molecule has 5 rings (SSSR count). The number of benzene rings is 1. The molecule has 1 aliphatic heterocycles. The lowest BCUT2D eigenvalue weighted by Gasteiger charge is -2.34. The molecular formula is C28H36FN5O3. The number of carbonyl (C=O) groups is 2. The molecule has 8 nitrogen and oxygen atoms in total. The maximum Gasteiger partial charge on any atom is 0.225 e. The number of carbonyl (C=O) groups excluding carboxylic acids is 2. The second-order valence-corrected chi connectivity index (χ2v) is 11.0. The fraction of sp³-hybridized carbons (Fsp3) is 0.536. The Bertz CT molecular complexity index is 1260. The predicted molar refractivity (Wildman–Crippen MR) is 139 cm³/mol. The Hall–Kier alpha value is -3.20. The topological polar surface area (TPSA) is 108 Å². The molecular weight excluding hydrogens is 473 g/mol. The Balaban J connectivity index is 1.27. The van der Waals surface area contributed by atoms with Gasteiger partial charge in [-0.05, 0) is 87.8 Å². The van der Waals surface area contributed by atoms with Crippen molar-refractivity contribution in [3.63, 3.8) is 0 Å². The lowest BCUT2D eigenvalue weighted by molar-refractivity contribution is -0.133. The molecule has 2 fully saturated rings. The van der Waals surface area contributed by atoms with Gasteiger partial charge in [-0.3, -0.25) is 9.59 Å². The number of dihydropyridines is 1. The van der Waals surface area contributed by atoms with E-state index in [0.717, 1.165) is 41.5 Å². The van der Waals surface area contributed by atoms with Crippen LogP contribution in [0.1, 0.15) is 70.9 Å². The van der Waals surface area contributed by atoms with Gasteiger partial charge in [0.15, 0.2) is 5.82 Å². The van der Waals surface area contributed by atoms with Gasteiger partial charge in [-0.2, -0.15) is 0 Å². The second kappa shape index (κ2) is 10.3. The number of imidazole rings is 1. The van der Waals surface area contributed by atoms with E-state index in [1.165, 1.54) is 6.07 Å². The summed E-state index contributed by atoms with van der Waals surface area (Å²) in [7, 11) is 0. The first-order valence-corrected chi connectivity index (χ1v) is 13.3. The minimum absolute atomic E-state index is 0.0125. The molecule has 2 amide bonds. The van der Waals surface area contributed by atoms with Crippen LogP contribution in [0.3, 0.4) is 0 Å². The van der Waals surface area contributed by atoms with Crippen molar-refractivity contribution >= 4 is 28.4 Å². The van der Waals surface area contributed by atoms with Gasteiger partial charge < -0.3 is 25.6 Å². The number of rotatable bonds is 6. The monoisotopic (exact) mass is 509 g/mol. The third-order valence-electron chi connectivity index (χ3n) is 7.91. The summed E-state index contributed by atoms with van der Waals surface area (Å²) < 4.78 is 16.9. The molecule has 2 aromatic rings. The smallest absolute Gasteiger partial charge is 0.225 e. The quantitative estimate of drug-likeness (QED) is 0.477. The van der Waals surface area contributed by atoms with Crippen molar-refractivity contribution in [3.05, 3.63) is 47.7 Å². The fourth-order valence-electron chi connectivity index (χ4n) is 5.66. The van der Waals surface area contributed by atoms with Crippen LogP contribution in [0, 0.1) is 17.7 Å². The molecule has 0 bridgehead atoms. The molecule has 3 atom stereocenters. The maximum absolute atomic E-state index is 14.9. The molecule has 1 aromatic heterocycles. The number of fused-ring (bicyclic) bond motifs is 1. The van der Waals surface area contributed by atoms with Crippen LogP contribution in [0.25, 0.3) is 16.6 Å². The molecule has 0 spiro atoms. The van der Waals surface area contributed by atoms with E-state index >= 15 is 0 Å². The molecule has 37 heavy (non-hydrogen) atoms. The Kier molecular flexibility index (Phi) is 7.07. The SMILES string of the molecule is CC1=CNC(NC(=O)[C@H]2CCC[C@@H](NC(=O)C3CC(O)C3)C2)C=C1c1cc(F)c2ncn(C(C)C)c2c1. The summed E-state index contributed by atoms with van der Waals surface area (Å²) in [5, 5.41) is 18.8. The van der Waals surface area contributed by atoms with Crippen LogP contribution in [0.5, 0.6) is 0 Å². The average Bonchev–Trinajstić information content (AvgIpc) is 3.28. The van der Waals surface area contributed by atoms with Crippen molar-refractivity contribution in [2.75, 3.05) is 0 Å². The zero-order valence-corrected chi connectivity index (χ0v) is 21.6. The van der Waals surface area contributed by atoms with Crippen molar-refractivity contribution in [1.29, 1.82) is 0 Å². The number of nitrogens with one attached hydrogen (secondary N) is 3. The Labute approximate surface area is 216 Å². The van der Waals surface area contributed by atoms with Crippen LogP contribution in [-0.2, 0) is 9.59 Å². The summed E-state index contributed by atoms with van der Waals surface area (Å²) in [4.78, 5) is 29.8. The van der Waals surface area contributed by atoms with Crippen molar-refractivity contribution < 1.29 is 19.1 Å². The number of hydrogen-bond donors (Lipinski definition) is 4. The van der Waals surface area contributed by atoms with Crippen LogP contribution in [0.4, 0.5) is 4.39 Å². The first kappa shape index (κ1) is 25.4. The number of aliphatic hydroxyl groups is 1. The molecule has 2 aliphatic carbocycles. The van der Waals surface area contributed by atoms with Crippen LogP contribution < -0.4 is 16.0 Å². The Morgan fingerprint density at radius 3 is 2.62 bits per heavy atom. The minimum atomic E-state index is -0.425. The zero-order valence-electron chi connectivity index (χ0n) is 21.6.